The van der Waals surface area contributed by atoms with E-state index in [1.165, 1.54) is 6.92 Å². The number of aliphatic hydroxyl groups excluding tert-OH is 9. The lowest BCUT2D eigenvalue weighted by molar-refractivity contribution is -0.119. The predicted octanol–water partition coefficient (Wildman–Crippen LogP) is -0.825. The van der Waals surface area contributed by atoms with E-state index >= 15 is 4.79 Å². The molecule has 3 aromatic carbocycles. The predicted molar refractivity (Wildman–Crippen MR) is 350 cm³/mol. The fraction of sp³-hybridized carbons (Fsp3) is 0.386. The summed E-state index contributed by atoms with van der Waals surface area (Å²) in [5.74, 6) is -7.70. The lowest BCUT2D eigenvalue weighted by atomic mass is 10.00. The molecule has 0 aliphatic heterocycles. The van der Waals surface area contributed by atoms with Gasteiger partial charge in [0.25, 0.3) is 35.4 Å². The SMILES string of the molecule is Cc1c(NC(=O)CO)c(I)c(C(=O)NCC(O)CO)c(I)c1C(=O)N(CCNC(=O)c1c(I)c(NC(=O)CO)c(I)c(C(=O)NCC(O)CO)c1I)CCNC(=O)c1c(I)c(NC(=O)CO)c(I)c(C(=O)NCC(O)CO)c1I. The van der Waals surface area contributed by atoms with Gasteiger partial charge in [0.15, 0.2) is 0 Å². The second kappa shape index (κ2) is 34.4. The third kappa shape index (κ3) is 18.9. The zero-order valence-corrected chi connectivity index (χ0v) is 57.9. The minimum absolute atomic E-state index is 0.0242. The molecule has 0 radical (unpaired) electrons. The Morgan fingerprint density at radius 1 is 0.392 bits per heavy atom. The van der Waals surface area contributed by atoms with Gasteiger partial charge in [-0.1, -0.05) is 0 Å². The van der Waals surface area contributed by atoms with Gasteiger partial charge < -0.3 is 93.4 Å². The third-order valence-electron chi connectivity index (χ3n) is 10.6. The summed E-state index contributed by atoms with van der Waals surface area (Å²) in [6.45, 7) is -6.33. The first-order chi connectivity index (χ1) is 37.2. The van der Waals surface area contributed by atoms with E-state index in [4.69, 9.17) is 0 Å². The van der Waals surface area contributed by atoms with Crippen molar-refractivity contribution in [1.29, 1.82) is 0 Å². The van der Waals surface area contributed by atoms with Crippen molar-refractivity contribution in [2.75, 3.05) is 101 Å². The molecule has 17 N–H and O–H groups in total. The summed E-state index contributed by atoms with van der Waals surface area (Å²) in [6, 6.07) is 0. The largest absolute Gasteiger partial charge is 0.394 e. The molecule has 0 heterocycles. The van der Waals surface area contributed by atoms with E-state index in [1.807, 2.05) is 0 Å². The quantitative estimate of drug-likeness (QED) is 0.0415. The van der Waals surface area contributed by atoms with Crippen molar-refractivity contribution < 1.29 is 89.1 Å². The second-order valence-electron chi connectivity index (χ2n) is 16.1. The van der Waals surface area contributed by atoms with Crippen molar-refractivity contribution in [3.8, 4) is 0 Å². The standard InChI is InChI=1S/C44H49I8N9O18/c1-15-22(28(45)23(41(76)55-6-16(68)9-62)31(48)36(15)58-19(71)12-65)44(79)61(4-2-53-39(74)24-29(46)26(42(77)56-7-17(69)10-63)34(51)37(32(24)49)59-20(72)13-66)5-3-54-40(75)25-30(47)27(43(78)57-8-18(70)11-64)35(52)38(33(25)50)60-21(73)14-67/h16-18,62-70H,2-14H2,1H3,(H,53,74)(H,54,75)(H,55,76)(H,56,77)(H,57,78)(H,58,71)(H,59,72)(H,60,73). The van der Waals surface area contributed by atoms with Crippen LogP contribution in [0.5, 0.6) is 0 Å². The van der Waals surface area contributed by atoms with Crippen LogP contribution in [-0.2, 0) is 14.4 Å². The monoisotopic (exact) mass is 2010 g/mol. The van der Waals surface area contributed by atoms with Crippen LogP contribution in [-0.4, -0.2) is 208 Å². The average molecular weight is 2010 g/mol. The van der Waals surface area contributed by atoms with E-state index in [9.17, 15) is 84.3 Å². The summed E-state index contributed by atoms with van der Waals surface area (Å²) < 4.78 is 0.805. The molecule has 0 spiro atoms. The van der Waals surface area contributed by atoms with Crippen LogP contribution in [0, 0.1) is 35.5 Å². The van der Waals surface area contributed by atoms with Gasteiger partial charge in [0.1, 0.15) is 19.8 Å². The number of aliphatic hydroxyl groups is 9. The van der Waals surface area contributed by atoms with Gasteiger partial charge in [0.2, 0.25) is 17.7 Å². The molecular weight excluding hydrogens is 1960 g/mol. The molecule has 3 atom stereocenters. The Labute approximate surface area is 558 Å². The molecule has 0 aliphatic rings. The minimum atomic E-state index is -1.38. The molecule has 79 heavy (non-hydrogen) atoms. The Morgan fingerprint density at radius 3 is 0.924 bits per heavy atom. The molecule has 0 fully saturated rings. The summed E-state index contributed by atoms with van der Waals surface area (Å²) in [5.41, 5.74) is -0.890. The third-order valence-corrected chi connectivity index (χ3v) is 19.2. The van der Waals surface area contributed by atoms with Gasteiger partial charge in [0, 0.05) is 56.5 Å². The topological polar surface area (TPSA) is 435 Å². The van der Waals surface area contributed by atoms with Crippen molar-refractivity contribution in [3.63, 3.8) is 0 Å². The highest BCUT2D eigenvalue weighted by atomic mass is 127. The number of hydrogen-bond acceptors (Lipinski definition) is 18. The molecule has 3 unspecified atom stereocenters. The van der Waals surface area contributed by atoms with Gasteiger partial charge in [-0.15, -0.1) is 0 Å². The molecule has 9 amide bonds. The fourth-order valence-corrected chi connectivity index (χ4v) is 18.2. The minimum Gasteiger partial charge on any atom is -0.394 e. The van der Waals surface area contributed by atoms with Crippen LogP contribution in [0.25, 0.3) is 0 Å². The molecular formula is C44H49I8N9O18. The number of halogens is 8. The van der Waals surface area contributed by atoms with Crippen LogP contribution in [0.3, 0.4) is 0 Å². The molecule has 0 aliphatic carbocycles. The summed E-state index contributed by atoms with van der Waals surface area (Å²) >= 11 is 14.0. The van der Waals surface area contributed by atoms with E-state index in [2.05, 4.69) is 42.5 Å². The molecule has 3 aromatic rings. The van der Waals surface area contributed by atoms with Gasteiger partial charge in [-0.25, -0.2) is 0 Å². The maximum Gasteiger partial charge on any atom is 0.255 e. The summed E-state index contributed by atoms with van der Waals surface area (Å²) in [5, 5.41) is 107. The van der Waals surface area contributed by atoms with E-state index in [-0.39, 0.29) is 111 Å². The molecule has 0 aromatic heterocycles. The highest BCUT2D eigenvalue weighted by Gasteiger charge is 2.34. The fourth-order valence-electron chi connectivity index (χ4n) is 6.63. The van der Waals surface area contributed by atoms with Gasteiger partial charge in [-0.2, -0.15) is 0 Å². The zero-order chi connectivity index (χ0) is 59.7. The first kappa shape index (κ1) is 71.6. The Bertz CT molecular complexity index is 2740. The molecule has 0 bridgehead atoms. The van der Waals surface area contributed by atoms with Crippen molar-refractivity contribution in [1.82, 2.24) is 31.5 Å². The number of anilines is 3. The first-order valence-corrected chi connectivity index (χ1v) is 31.0. The maximum atomic E-state index is 15.2. The number of nitrogens with zero attached hydrogens (tertiary/aromatic N) is 1. The number of carbonyl (C=O) groups excluding carboxylic acids is 9. The molecule has 3 rings (SSSR count). The Hall–Kier alpha value is -1.63. The highest BCUT2D eigenvalue weighted by molar-refractivity contribution is 14.1. The molecule has 35 heteroatoms. The van der Waals surface area contributed by atoms with Crippen LogP contribution < -0.4 is 42.5 Å². The van der Waals surface area contributed by atoms with E-state index in [0.717, 1.165) is 4.90 Å². The van der Waals surface area contributed by atoms with Crippen LogP contribution in [0.4, 0.5) is 17.1 Å². The molecule has 0 saturated carbocycles. The number of benzene rings is 3. The lowest BCUT2D eigenvalue weighted by Crippen LogP contribution is -2.44. The van der Waals surface area contributed by atoms with Crippen molar-refractivity contribution in [3.05, 3.63) is 67.5 Å². The zero-order valence-electron chi connectivity index (χ0n) is 40.6. The Balaban J connectivity index is 2.25. The average Bonchev–Trinajstić information content (AvgIpc) is 3.47. The van der Waals surface area contributed by atoms with Crippen molar-refractivity contribution in [2.45, 2.75) is 25.2 Å². The summed E-state index contributed by atoms with van der Waals surface area (Å²) in [6.07, 6.45) is -4.06. The van der Waals surface area contributed by atoms with Crippen LogP contribution >= 0.6 is 181 Å². The summed E-state index contributed by atoms with van der Waals surface area (Å²) in [4.78, 5) is 124. The van der Waals surface area contributed by atoms with E-state index < -0.39 is 131 Å². The number of hydrogen-bond donors (Lipinski definition) is 17. The molecule has 0 saturated heterocycles. The van der Waals surface area contributed by atoms with Crippen molar-refractivity contribution >= 4 is 251 Å². The second-order valence-corrected chi connectivity index (χ2v) is 24.7. The normalized spacial score (nSPS) is 12.1. The van der Waals surface area contributed by atoms with E-state index in [1.54, 1.807) is 181 Å². The number of nitrogens with one attached hydrogen (secondary N) is 8. The summed E-state index contributed by atoms with van der Waals surface area (Å²) in [7, 11) is 0. The van der Waals surface area contributed by atoms with Crippen molar-refractivity contribution in [2.24, 2.45) is 0 Å². The smallest absolute Gasteiger partial charge is 0.255 e. The number of rotatable bonds is 27. The van der Waals surface area contributed by atoms with Crippen LogP contribution in [0.15, 0.2) is 0 Å². The lowest BCUT2D eigenvalue weighted by Gasteiger charge is -2.27. The van der Waals surface area contributed by atoms with Gasteiger partial charge in [-0.3, -0.25) is 43.2 Å². The van der Waals surface area contributed by atoms with E-state index in [0.29, 0.717) is 0 Å². The van der Waals surface area contributed by atoms with Gasteiger partial charge >= 0.3 is 0 Å². The number of amides is 9. The van der Waals surface area contributed by atoms with Gasteiger partial charge in [0.05, 0.1) is 106 Å². The first-order valence-electron chi connectivity index (χ1n) is 22.4. The Morgan fingerprint density at radius 2 is 0.646 bits per heavy atom. The van der Waals surface area contributed by atoms with Gasteiger partial charge in [-0.05, 0) is 193 Å². The maximum absolute atomic E-state index is 15.2. The molecule has 434 valence electrons. The number of carbonyl (C=O) groups is 9. The Kier molecular flexibility index (Phi) is 31.2. The highest BCUT2D eigenvalue weighted by Crippen LogP contribution is 2.38. The van der Waals surface area contributed by atoms with Crippen LogP contribution in [0.2, 0.25) is 0 Å². The molecule has 27 nitrogen and oxygen atoms in total. The van der Waals surface area contributed by atoms with Crippen LogP contribution in [0.1, 0.15) is 67.7 Å².